The van der Waals surface area contributed by atoms with E-state index in [0.29, 0.717) is 0 Å². The maximum atomic E-state index is 12.9. The van der Waals surface area contributed by atoms with E-state index >= 15 is 0 Å². The van der Waals surface area contributed by atoms with Gasteiger partial charge in [0.15, 0.2) is 0 Å². The average molecular weight is 224 g/mol. The molecule has 0 aromatic carbocycles. The molecule has 0 unspecified atom stereocenters. The van der Waals surface area contributed by atoms with E-state index in [0.717, 1.165) is 0 Å². The van der Waals surface area contributed by atoms with Gasteiger partial charge in [-0.25, -0.2) is 13.6 Å². The van der Waals surface area contributed by atoms with Gasteiger partial charge in [-0.15, -0.1) is 0 Å². The number of alkyl halides is 2. The molecule has 0 heterocycles. The van der Waals surface area contributed by atoms with Crippen LogP contribution in [0.1, 0.15) is 27.2 Å². The summed E-state index contributed by atoms with van der Waals surface area (Å²) in [6, 6.07) is 0. The molecule has 0 rings (SSSR count). The summed E-state index contributed by atoms with van der Waals surface area (Å²) in [5, 5.41) is 2.00. The summed E-state index contributed by atoms with van der Waals surface area (Å²) in [6.45, 7) is 4.10. The van der Waals surface area contributed by atoms with Crippen molar-refractivity contribution in [3.63, 3.8) is 0 Å². The van der Waals surface area contributed by atoms with Crippen LogP contribution in [0.15, 0.2) is 0 Å². The minimum atomic E-state index is -2.98. The van der Waals surface area contributed by atoms with Crippen molar-refractivity contribution in [2.45, 2.75) is 38.7 Å². The number of alkyl carbamates (subject to hydrolysis) is 1. The highest BCUT2D eigenvalue weighted by Gasteiger charge is 2.29. The highest BCUT2D eigenvalue weighted by Crippen LogP contribution is 2.16. The van der Waals surface area contributed by atoms with Gasteiger partial charge in [-0.3, -0.25) is 0 Å². The van der Waals surface area contributed by atoms with Crippen LogP contribution in [-0.4, -0.2) is 30.7 Å². The molecule has 0 spiro atoms. The minimum absolute atomic E-state index is 0.122. The summed E-state index contributed by atoms with van der Waals surface area (Å²) in [4.78, 5) is 11.0. The lowest BCUT2D eigenvalue weighted by Crippen LogP contribution is -2.40. The summed E-state index contributed by atoms with van der Waals surface area (Å²) in [5.41, 5.74) is 4.31. The fourth-order valence-corrected chi connectivity index (χ4v) is 0.815. The highest BCUT2D eigenvalue weighted by atomic mass is 19.3. The third kappa shape index (κ3) is 8.11. The smallest absolute Gasteiger partial charge is 0.407 e. The number of nitrogens with one attached hydrogen (secondary N) is 1. The number of nitrogens with two attached hydrogens (primary N) is 1. The van der Waals surface area contributed by atoms with Crippen LogP contribution < -0.4 is 11.1 Å². The van der Waals surface area contributed by atoms with Gasteiger partial charge in [-0.2, -0.15) is 0 Å². The fourth-order valence-electron chi connectivity index (χ4n) is 0.815. The molecule has 0 bridgehead atoms. The Morgan fingerprint density at radius 3 is 2.33 bits per heavy atom. The standard InChI is InChI=1S/C9H18F2N2O2/c1-8(2,3)15-7(14)13-6-9(10,11)4-5-12/h4-6,12H2,1-3H3,(H,13,14). The lowest BCUT2D eigenvalue weighted by molar-refractivity contribution is -0.00956. The molecule has 0 aromatic heterocycles. The Bertz CT molecular complexity index is 215. The molecule has 0 aliphatic rings. The number of rotatable bonds is 4. The third-order valence-electron chi connectivity index (χ3n) is 1.40. The predicted molar refractivity (Wildman–Crippen MR) is 52.9 cm³/mol. The molecule has 0 saturated heterocycles. The second-order valence-electron chi connectivity index (χ2n) is 4.25. The molecule has 90 valence electrons. The second kappa shape index (κ2) is 5.25. The van der Waals surface area contributed by atoms with Crippen LogP contribution in [0.25, 0.3) is 0 Å². The number of amides is 1. The molecular formula is C9H18F2N2O2. The molecule has 0 radical (unpaired) electrons. The van der Waals surface area contributed by atoms with Gasteiger partial charge in [0.1, 0.15) is 5.60 Å². The van der Waals surface area contributed by atoms with Crippen LogP contribution in [0.4, 0.5) is 13.6 Å². The van der Waals surface area contributed by atoms with E-state index in [2.05, 4.69) is 0 Å². The third-order valence-corrected chi connectivity index (χ3v) is 1.40. The first kappa shape index (κ1) is 14.1. The number of carbonyl (C=O) groups is 1. The highest BCUT2D eigenvalue weighted by molar-refractivity contribution is 5.67. The number of hydrogen-bond donors (Lipinski definition) is 2. The van der Waals surface area contributed by atoms with E-state index in [4.69, 9.17) is 10.5 Å². The Morgan fingerprint density at radius 2 is 1.93 bits per heavy atom. The first-order valence-corrected chi connectivity index (χ1v) is 4.71. The van der Waals surface area contributed by atoms with Crippen LogP contribution in [0, 0.1) is 0 Å². The molecule has 0 aliphatic heterocycles. The van der Waals surface area contributed by atoms with E-state index in [1.807, 2.05) is 5.32 Å². The quantitative estimate of drug-likeness (QED) is 0.760. The van der Waals surface area contributed by atoms with Crippen molar-refractivity contribution in [1.82, 2.24) is 5.32 Å². The number of ether oxygens (including phenoxy) is 1. The summed E-state index contributed by atoms with van der Waals surface area (Å²) >= 11 is 0. The molecular weight excluding hydrogens is 206 g/mol. The number of hydrogen-bond acceptors (Lipinski definition) is 3. The molecule has 1 amide bonds. The van der Waals surface area contributed by atoms with Gasteiger partial charge in [0.25, 0.3) is 5.92 Å². The molecule has 0 atom stereocenters. The Balaban J connectivity index is 3.90. The molecule has 15 heavy (non-hydrogen) atoms. The Kier molecular flexibility index (Phi) is 4.93. The van der Waals surface area contributed by atoms with Crippen LogP contribution in [0.2, 0.25) is 0 Å². The van der Waals surface area contributed by atoms with Crippen LogP contribution in [0.5, 0.6) is 0 Å². The fraction of sp³-hybridized carbons (Fsp3) is 0.889. The molecule has 0 aliphatic carbocycles. The summed E-state index contributed by atoms with van der Waals surface area (Å²) in [5.74, 6) is -2.98. The topological polar surface area (TPSA) is 64.3 Å². The first-order valence-electron chi connectivity index (χ1n) is 4.71. The maximum Gasteiger partial charge on any atom is 0.407 e. The zero-order chi connectivity index (χ0) is 12.1. The summed E-state index contributed by atoms with van der Waals surface area (Å²) in [6.07, 6.45) is -1.30. The number of carbonyl (C=O) groups excluding carboxylic acids is 1. The van der Waals surface area contributed by atoms with Gasteiger partial charge >= 0.3 is 6.09 Å². The van der Waals surface area contributed by atoms with E-state index in [9.17, 15) is 13.6 Å². The second-order valence-corrected chi connectivity index (χ2v) is 4.25. The van der Waals surface area contributed by atoms with Crippen molar-refractivity contribution < 1.29 is 18.3 Å². The zero-order valence-electron chi connectivity index (χ0n) is 9.27. The lowest BCUT2D eigenvalue weighted by atomic mass is 10.2. The Morgan fingerprint density at radius 1 is 1.40 bits per heavy atom. The summed E-state index contributed by atoms with van der Waals surface area (Å²) in [7, 11) is 0. The molecule has 4 nitrogen and oxygen atoms in total. The molecule has 0 saturated carbocycles. The maximum absolute atomic E-state index is 12.9. The SMILES string of the molecule is CC(C)(C)OC(=O)NCC(F)(F)CCN. The van der Waals surface area contributed by atoms with Crippen molar-refractivity contribution in [2.75, 3.05) is 13.1 Å². The monoisotopic (exact) mass is 224 g/mol. The van der Waals surface area contributed by atoms with Crippen LogP contribution in [-0.2, 0) is 4.74 Å². The van der Waals surface area contributed by atoms with Crippen molar-refractivity contribution in [3.05, 3.63) is 0 Å². The molecule has 6 heteroatoms. The van der Waals surface area contributed by atoms with Gasteiger partial charge in [-0.1, -0.05) is 0 Å². The Labute approximate surface area is 88.2 Å². The first-order chi connectivity index (χ1) is 6.66. The van der Waals surface area contributed by atoms with E-state index < -0.39 is 30.6 Å². The van der Waals surface area contributed by atoms with E-state index in [1.165, 1.54) is 0 Å². The summed E-state index contributed by atoms with van der Waals surface area (Å²) < 4.78 is 30.5. The largest absolute Gasteiger partial charge is 0.444 e. The van der Waals surface area contributed by atoms with Gasteiger partial charge in [0, 0.05) is 6.42 Å². The van der Waals surface area contributed by atoms with Gasteiger partial charge in [0.2, 0.25) is 0 Å². The van der Waals surface area contributed by atoms with Gasteiger partial charge < -0.3 is 15.8 Å². The lowest BCUT2D eigenvalue weighted by Gasteiger charge is -2.21. The van der Waals surface area contributed by atoms with Crippen molar-refractivity contribution in [2.24, 2.45) is 5.73 Å². The molecule has 3 N–H and O–H groups in total. The van der Waals surface area contributed by atoms with Crippen molar-refractivity contribution in [3.8, 4) is 0 Å². The Hall–Kier alpha value is -0.910. The minimum Gasteiger partial charge on any atom is -0.444 e. The van der Waals surface area contributed by atoms with E-state index in [1.54, 1.807) is 20.8 Å². The van der Waals surface area contributed by atoms with Crippen molar-refractivity contribution in [1.29, 1.82) is 0 Å². The van der Waals surface area contributed by atoms with Crippen molar-refractivity contribution >= 4 is 6.09 Å². The normalized spacial score (nSPS) is 12.4. The predicted octanol–water partition coefficient (Wildman–Crippen LogP) is 1.50. The zero-order valence-corrected chi connectivity index (χ0v) is 9.27. The van der Waals surface area contributed by atoms with Gasteiger partial charge in [-0.05, 0) is 27.3 Å². The molecule has 0 fully saturated rings. The van der Waals surface area contributed by atoms with Crippen LogP contribution in [0.3, 0.4) is 0 Å². The number of halogens is 2. The van der Waals surface area contributed by atoms with E-state index in [-0.39, 0.29) is 6.54 Å². The average Bonchev–Trinajstić information content (AvgIpc) is 1.98. The van der Waals surface area contributed by atoms with Gasteiger partial charge in [0.05, 0.1) is 6.54 Å². The molecule has 0 aromatic rings. The van der Waals surface area contributed by atoms with Crippen LogP contribution >= 0.6 is 0 Å².